The summed E-state index contributed by atoms with van der Waals surface area (Å²) in [7, 11) is 0. The molecule has 0 saturated heterocycles. The molecule has 0 fully saturated rings. The Morgan fingerprint density at radius 1 is 1.36 bits per heavy atom. The third-order valence-corrected chi connectivity index (χ3v) is 2.22. The largest absolute Gasteiger partial charge is 0.369 e. The number of amides is 1. The van der Waals surface area contributed by atoms with Crippen molar-refractivity contribution < 1.29 is 13.6 Å². The lowest BCUT2D eigenvalue weighted by molar-refractivity contribution is -0.122. The highest BCUT2D eigenvalue weighted by Gasteiger charge is 2.30. The predicted octanol–water partition coefficient (Wildman–Crippen LogP) is 1.73. The number of benzene rings is 1. The van der Waals surface area contributed by atoms with Crippen LogP contribution in [-0.2, 0) is 10.2 Å². The van der Waals surface area contributed by atoms with Crippen LogP contribution in [0, 0.1) is 11.6 Å². The van der Waals surface area contributed by atoms with Crippen molar-refractivity contribution in [3.05, 3.63) is 35.4 Å². The Balaban J connectivity index is 3.26. The van der Waals surface area contributed by atoms with E-state index in [9.17, 15) is 13.6 Å². The fourth-order valence-corrected chi connectivity index (χ4v) is 1.13. The Bertz CT molecular complexity index is 374. The average Bonchev–Trinajstić information content (AvgIpc) is 2.02. The zero-order valence-corrected chi connectivity index (χ0v) is 7.97. The Labute approximate surface area is 80.7 Å². The van der Waals surface area contributed by atoms with E-state index in [1.165, 1.54) is 19.9 Å². The van der Waals surface area contributed by atoms with E-state index < -0.39 is 23.0 Å². The highest BCUT2D eigenvalue weighted by atomic mass is 19.1. The first-order chi connectivity index (χ1) is 6.35. The van der Waals surface area contributed by atoms with Crippen molar-refractivity contribution in [2.24, 2.45) is 5.73 Å². The van der Waals surface area contributed by atoms with Crippen molar-refractivity contribution >= 4 is 5.91 Å². The molecule has 0 saturated carbocycles. The van der Waals surface area contributed by atoms with Crippen LogP contribution in [0.4, 0.5) is 8.78 Å². The molecule has 0 aliphatic carbocycles. The van der Waals surface area contributed by atoms with E-state index in [0.29, 0.717) is 0 Å². The lowest BCUT2D eigenvalue weighted by atomic mass is 9.83. The summed E-state index contributed by atoms with van der Waals surface area (Å²) in [5.74, 6) is -2.08. The molecular formula is C10H11F2NO. The van der Waals surface area contributed by atoms with Gasteiger partial charge in [0.25, 0.3) is 0 Å². The van der Waals surface area contributed by atoms with E-state index in [1.807, 2.05) is 0 Å². The van der Waals surface area contributed by atoms with Gasteiger partial charge in [0.05, 0.1) is 5.41 Å². The molecule has 0 unspecified atom stereocenters. The third kappa shape index (κ3) is 1.73. The first kappa shape index (κ1) is 10.6. The number of carbonyl (C=O) groups is 1. The molecule has 1 amide bonds. The minimum atomic E-state index is -1.13. The van der Waals surface area contributed by atoms with Gasteiger partial charge >= 0.3 is 0 Å². The molecule has 0 aliphatic rings. The molecule has 0 atom stereocenters. The van der Waals surface area contributed by atoms with Crippen molar-refractivity contribution in [1.29, 1.82) is 0 Å². The number of rotatable bonds is 2. The Morgan fingerprint density at radius 2 is 1.93 bits per heavy atom. The lowest BCUT2D eigenvalue weighted by Crippen LogP contribution is -2.36. The predicted molar refractivity (Wildman–Crippen MR) is 48.6 cm³/mol. The number of hydrogen-bond donors (Lipinski definition) is 1. The molecule has 2 nitrogen and oxygen atoms in total. The molecule has 14 heavy (non-hydrogen) atoms. The van der Waals surface area contributed by atoms with E-state index in [1.54, 1.807) is 0 Å². The second-order valence-electron chi connectivity index (χ2n) is 3.61. The normalized spacial score (nSPS) is 11.4. The van der Waals surface area contributed by atoms with Gasteiger partial charge in [-0.25, -0.2) is 8.78 Å². The molecular weight excluding hydrogens is 188 g/mol. The topological polar surface area (TPSA) is 43.1 Å². The van der Waals surface area contributed by atoms with E-state index in [2.05, 4.69) is 0 Å². The summed E-state index contributed by atoms with van der Waals surface area (Å²) in [6.07, 6.45) is 0. The molecule has 0 radical (unpaired) electrons. The van der Waals surface area contributed by atoms with Gasteiger partial charge in [-0.3, -0.25) is 4.79 Å². The van der Waals surface area contributed by atoms with Gasteiger partial charge < -0.3 is 5.73 Å². The van der Waals surface area contributed by atoms with Crippen molar-refractivity contribution in [2.45, 2.75) is 19.3 Å². The molecule has 1 aromatic rings. The first-order valence-corrected chi connectivity index (χ1v) is 4.11. The second-order valence-corrected chi connectivity index (χ2v) is 3.61. The van der Waals surface area contributed by atoms with Gasteiger partial charge in [0.15, 0.2) is 0 Å². The summed E-state index contributed by atoms with van der Waals surface area (Å²) >= 11 is 0. The minimum absolute atomic E-state index is 0.103. The summed E-state index contributed by atoms with van der Waals surface area (Å²) in [5, 5.41) is 0. The van der Waals surface area contributed by atoms with Crippen molar-refractivity contribution in [1.82, 2.24) is 0 Å². The Hall–Kier alpha value is -1.45. The van der Waals surface area contributed by atoms with Crippen LogP contribution in [0.15, 0.2) is 18.2 Å². The monoisotopic (exact) mass is 199 g/mol. The Kier molecular flexibility index (Phi) is 2.55. The zero-order chi connectivity index (χ0) is 10.9. The summed E-state index contributed by atoms with van der Waals surface area (Å²) in [4.78, 5) is 11.0. The van der Waals surface area contributed by atoms with Gasteiger partial charge in [-0.1, -0.05) is 6.07 Å². The van der Waals surface area contributed by atoms with Crippen LogP contribution in [0.25, 0.3) is 0 Å². The lowest BCUT2D eigenvalue weighted by Gasteiger charge is -2.21. The fraction of sp³-hybridized carbons (Fsp3) is 0.300. The van der Waals surface area contributed by atoms with E-state index >= 15 is 0 Å². The molecule has 0 aliphatic heterocycles. The smallest absolute Gasteiger partial charge is 0.227 e. The molecule has 0 heterocycles. The number of hydrogen-bond acceptors (Lipinski definition) is 1. The maximum absolute atomic E-state index is 13.3. The van der Waals surface area contributed by atoms with Crippen LogP contribution >= 0.6 is 0 Å². The van der Waals surface area contributed by atoms with Gasteiger partial charge in [0.2, 0.25) is 5.91 Å². The quantitative estimate of drug-likeness (QED) is 0.774. The minimum Gasteiger partial charge on any atom is -0.369 e. The summed E-state index contributed by atoms with van der Waals surface area (Å²) in [6, 6.07) is 3.07. The maximum Gasteiger partial charge on any atom is 0.227 e. The van der Waals surface area contributed by atoms with Crippen LogP contribution < -0.4 is 5.73 Å². The van der Waals surface area contributed by atoms with Crippen LogP contribution in [0.5, 0.6) is 0 Å². The second kappa shape index (κ2) is 3.36. The van der Waals surface area contributed by atoms with Gasteiger partial charge in [-0.2, -0.15) is 0 Å². The Morgan fingerprint density at radius 3 is 2.36 bits per heavy atom. The van der Waals surface area contributed by atoms with Crippen LogP contribution in [0.3, 0.4) is 0 Å². The number of primary amides is 1. The third-order valence-electron chi connectivity index (χ3n) is 2.22. The first-order valence-electron chi connectivity index (χ1n) is 4.11. The van der Waals surface area contributed by atoms with Gasteiger partial charge in [0.1, 0.15) is 11.6 Å². The molecule has 76 valence electrons. The SMILES string of the molecule is CC(C)(C(N)=O)c1ccc(F)cc1F. The standard InChI is InChI=1S/C10H11F2NO/c1-10(2,9(13)14)7-4-3-6(11)5-8(7)12/h3-5H,1-2H3,(H2,13,14). The molecule has 2 N–H and O–H groups in total. The van der Waals surface area contributed by atoms with Gasteiger partial charge in [0, 0.05) is 11.6 Å². The van der Waals surface area contributed by atoms with Crippen molar-refractivity contribution in [3.8, 4) is 0 Å². The average molecular weight is 199 g/mol. The molecule has 0 bridgehead atoms. The number of nitrogens with two attached hydrogens (primary N) is 1. The highest BCUT2D eigenvalue weighted by molar-refractivity contribution is 5.85. The number of halogens is 2. The van der Waals surface area contributed by atoms with Crippen molar-refractivity contribution in [2.75, 3.05) is 0 Å². The van der Waals surface area contributed by atoms with Crippen LogP contribution in [0.1, 0.15) is 19.4 Å². The molecule has 1 rings (SSSR count). The molecule has 0 aromatic heterocycles. The van der Waals surface area contributed by atoms with Crippen LogP contribution in [0.2, 0.25) is 0 Å². The van der Waals surface area contributed by atoms with Gasteiger partial charge in [-0.15, -0.1) is 0 Å². The summed E-state index contributed by atoms with van der Waals surface area (Å²) in [5.41, 5.74) is 4.09. The summed E-state index contributed by atoms with van der Waals surface area (Å²) < 4.78 is 25.8. The van der Waals surface area contributed by atoms with E-state index in [4.69, 9.17) is 5.73 Å². The van der Waals surface area contributed by atoms with Gasteiger partial charge in [-0.05, 0) is 19.9 Å². The molecule has 4 heteroatoms. The maximum atomic E-state index is 13.3. The van der Waals surface area contributed by atoms with E-state index in [-0.39, 0.29) is 5.56 Å². The number of carbonyl (C=O) groups excluding carboxylic acids is 1. The zero-order valence-electron chi connectivity index (χ0n) is 7.97. The van der Waals surface area contributed by atoms with Crippen molar-refractivity contribution in [3.63, 3.8) is 0 Å². The molecule has 0 spiro atoms. The van der Waals surface area contributed by atoms with Crippen LogP contribution in [-0.4, -0.2) is 5.91 Å². The van der Waals surface area contributed by atoms with E-state index in [0.717, 1.165) is 12.1 Å². The summed E-state index contributed by atoms with van der Waals surface area (Å²) in [6.45, 7) is 2.98. The molecule has 1 aromatic carbocycles. The highest BCUT2D eigenvalue weighted by Crippen LogP contribution is 2.25. The fourth-order valence-electron chi connectivity index (χ4n) is 1.13.